The van der Waals surface area contributed by atoms with Crippen LogP contribution >= 0.6 is 0 Å². The molecule has 0 radical (unpaired) electrons. The molecule has 2 heterocycles. The molecule has 12 heteroatoms. The maximum atomic E-state index is 14.4. The number of carbonyl (C=O) groups excluding carboxylic acids is 1. The van der Waals surface area contributed by atoms with Crippen LogP contribution < -0.4 is 9.62 Å². The van der Waals surface area contributed by atoms with Crippen LogP contribution in [-0.2, 0) is 10.0 Å². The van der Waals surface area contributed by atoms with Crippen molar-refractivity contribution in [1.82, 2.24) is 10.3 Å². The van der Waals surface area contributed by atoms with E-state index in [9.17, 15) is 27.3 Å². The zero-order chi connectivity index (χ0) is 31.3. The number of nitrogens with one attached hydrogen (secondary N) is 1. The highest BCUT2D eigenvalue weighted by Crippen LogP contribution is 2.42. The standard InChI is InChI=1S/C32H22F2N4O5S/c1-36-31(39)28-23-14-22(19-11-17(16-35)12-20(13-19)32-37-29-24(34)5-4-6-26(29)43-32)25(38(2)44(3,40)41)15-27(23)42-30(28)18-7-9-21(33)10-8-18/h4-15H,1-3H3,(H,36,39). The number of carbonyl (C=O) groups is 1. The van der Waals surface area contributed by atoms with Crippen molar-refractivity contribution in [3.05, 3.63) is 95.6 Å². The Kier molecular flexibility index (Phi) is 6.90. The normalized spacial score (nSPS) is 11.5. The van der Waals surface area contributed by atoms with Gasteiger partial charge in [0.2, 0.25) is 15.9 Å². The van der Waals surface area contributed by atoms with E-state index in [-0.39, 0.29) is 45.1 Å². The van der Waals surface area contributed by atoms with Gasteiger partial charge in [0, 0.05) is 42.2 Å². The number of hydrogen-bond donors (Lipinski definition) is 1. The molecule has 0 spiro atoms. The number of furan rings is 1. The first-order valence-electron chi connectivity index (χ1n) is 13.1. The van der Waals surface area contributed by atoms with Crippen LogP contribution in [-0.4, -0.2) is 39.7 Å². The molecule has 0 aliphatic rings. The molecular formula is C32H22F2N4O5S. The lowest BCUT2D eigenvalue weighted by molar-refractivity contribution is 0.0964. The first-order chi connectivity index (χ1) is 21.0. The third-order valence-corrected chi connectivity index (χ3v) is 8.39. The fraction of sp³-hybridized carbons (Fsp3) is 0.0938. The number of para-hydroxylation sites is 1. The third kappa shape index (κ3) is 4.93. The predicted octanol–water partition coefficient (Wildman–Crippen LogP) is 6.48. The van der Waals surface area contributed by atoms with Crippen LogP contribution in [0.2, 0.25) is 0 Å². The van der Waals surface area contributed by atoms with E-state index in [0.717, 1.165) is 10.6 Å². The summed E-state index contributed by atoms with van der Waals surface area (Å²) >= 11 is 0. The van der Waals surface area contributed by atoms with Crippen molar-refractivity contribution < 1.29 is 30.8 Å². The Bertz CT molecular complexity index is 2270. The molecule has 220 valence electrons. The summed E-state index contributed by atoms with van der Waals surface area (Å²) in [5.74, 6) is -1.32. The Morgan fingerprint density at radius 1 is 0.955 bits per heavy atom. The lowest BCUT2D eigenvalue weighted by Gasteiger charge is -2.21. The molecule has 0 saturated heterocycles. The van der Waals surface area contributed by atoms with Gasteiger partial charge in [-0.2, -0.15) is 5.26 Å². The van der Waals surface area contributed by atoms with E-state index >= 15 is 0 Å². The number of sulfonamides is 1. The summed E-state index contributed by atoms with van der Waals surface area (Å²) in [6.45, 7) is 0. The zero-order valence-corrected chi connectivity index (χ0v) is 24.3. The van der Waals surface area contributed by atoms with E-state index in [4.69, 9.17) is 8.83 Å². The Labute approximate surface area is 250 Å². The molecule has 0 atom stereocenters. The Hall–Kier alpha value is -5.54. The van der Waals surface area contributed by atoms with Gasteiger partial charge in [0.25, 0.3) is 5.91 Å². The molecule has 6 rings (SSSR count). The second kappa shape index (κ2) is 10.6. The Balaban J connectivity index is 1.65. The van der Waals surface area contributed by atoms with E-state index in [0.29, 0.717) is 27.6 Å². The average molecular weight is 613 g/mol. The minimum absolute atomic E-state index is 0.0206. The van der Waals surface area contributed by atoms with Crippen molar-refractivity contribution in [2.24, 2.45) is 0 Å². The quantitative estimate of drug-likeness (QED) is 0.228. The number of oxazole rings is 1. The molecule has 1 amide bonds. The molecule has 6 aromatic rings. The number of fused-ring (bicyclic) bond motifs is 2. The van der Waals surface area contributed by atoms with Crippen molar-refractivity contribution in [2.45, 2.75) is 0 Å². The van der Waals surface area contributed by atoms with Crippen molar-refractivity contribution in [1.29, 1.82) is 5.26 Å². The van der Waals surface area contributed by atoms with Gasteiger partial charge in [-0.3, -0.25) is 9.10 Å². The molecule has 1 N–H and O–H groups in total. The first kappa shape index (κ1) is 28.6. The second-order valence-corrected chi connectivity index (χ2v) is 12.0. The van der Waals surface area contributed by atoms with E-state index in [1.54, 1.807) is 24.3 Å². The van der Waals surface area contributed by atoms with E-state index in [2.05, 4.69) is 16.4 Å². The highest BCUT2D eigenvalue weighted by Gasteiger charge is 2.26. The molecular weight excluding hydrogens is 590 g/mol. The number of amides is 1. The highest BCUT2D eigenvalue weighted by atomic mass is 32.2. The molecule has 9 nitrogen and oxygen atoms in total. The average Bonchev–Trinajstić information content (AvgIpc) is 3.62. The summed E-state index contributed by atoms with van der Waals surface area (Å²) in [5, 5.41) is 12.8. The Morgan fingerprint density at radius 3 is 2.34 bits per heavy atom. The van der Waals surface area contributed by atoms with Crippen LogP contribution in [0.5, 0.6) is 0 Å². The third-order valence-electron chi connectivity index (χ3n) is 7.19. The lowest BCUT2D eigenvalue weighted by atomic mass is 9.95. The number of nitrogens with zero attached hydrogens (tertiary/aromatic N) is 3. The molecule has 0 unspecified atom stereocenters. The van der Waals surface area contributed by atoms with E-state index < -0.39 is 27.6 Å². The first-order valence-corrected chi connectivity index (χ1v) is 15.0. The number of aromatic nitrogens is 1. The summed E-state index contributed by atoms with van der Waals surface area (Å²) in [6, 6.07) is 19.6. The SMILES string of the molecule is CNC(=O)c1c(-c2ccc(F)cc2)oc2cc(N(C)S(C)(=O)=O)c(-c3cc(C#N)cc(-c4nc5c(F)cccc5o4)c3)cc12. The van der Waals surface area contributed by atoms with Crippen LogP contribution in [0.15, 0.2) is 81.6 Å². The minimum atomic E-state index is -3.80. The Morgan fingerprint density at radius 2 is 1.68 bits per heavy atom. The summed E-state index contributed by atoms with van der Waals surface area (Å²) in [4.78, 5) is 17.5. The number of nitriles is 1. The molecule has 2 aromatic heterocycles. The van der Waals surface area contributed by atoms with Crippen LogP contribution in [0.25, 0.3) is 56.0 Å². The smallest absolute Gasteiger partial charge is 0.255 e. The fourth-order valence-corrected chi connectivity index (χ4v) is 5.48. The van der Waals surface area contributed by atoms with Gasteiger partial charge >= 0.3 is 0 Å². The molecule has 0 aliphatic carbocycles. The van der Waals surface area contributed by atoms with Gasteiger partial charge in [-0.05, 0) is 66.2 Å². The molecule has 4 aromatic carbocycles. The van der Waals surface area contributed by atoms with Gasteiger partial charge in [-0.15, -0.1) is 0 Å². The minimum Gasteiger partial charge on any atom is -0.455 e. The maximum Gasteiger partial charge on any atom is 0.255 e. The van der Waals surface area contributed by atoms with Gasteiger partial charge < -0.3 is 14.2 Å². The van der Waals surface area contributed by atoms with Crippen LogP contribution in [0.1, 0.15) is 15.9 Å². The number of rotatable bonds is 6. The summed E-state index contributed by atoms with van der Waals surface area (Å²) < 4.78 is 66.5. The predicted molar refractivity (Wildman–Crippen MR) is 161 cm³/mol. The number of halogens is 2. The van der Waals surface area contributed by atoms with Crippen LogP contribution in [0.4, 0.5) is 14.5 Å². The zero-order valence-electron chi connectivity index (χ0n) is 23.5. The van der Waals surface area contributed by atoms with Gasteiger partial charge in [0.1, 0.15) is 22.7 Å². The molecule has 0 fully saturated rings. The summed E-state index contributed by atoms with van der Waals surface area (Å²) in [7, 11) is -0.987. The van der Waals surface area contributed by atoms with Crippen LogP contribution in [0.3, 0.4) is 0 Å². The topological polar surface area (TPSA) is 129 Å². The van der Waals surface area contributed by atoms with Crippen molar-refractivity contribution in [3.63, 3.8) is 0 Å². The monoisotopic (exact) mass is 612 g/mol. The maximum absolute atomic E-state index is 14.4. The summed E-state index contributed by atoms with van der Waals surface area (Å²) in [5.41, 5.74) is 2.46. The highest BCUT2D eigenvalue weighted by molar-refractivity contribution is 7.92. The largest absolute Gasteiger partial charge is 0.455 e. The second-order valence-electron chi connectivity index (χ2n) is 10.0. The fourth-order valence-electron chi connectivity index (χ4n) is 4.97. The van der Waals surface area contributed by atoms with Crippen molar-refractivity contribution in [2.75, 3.05) is 24.7 Å². The van der Waals surface area contributed by atoms with Crippen molar-refractivity contribution >= 4 is 43.7 Å². The molecule has 44 heavy (non-hydrogen) atoms. The number of hydrogen-bond acceptors (Lipinski definition) is 7. The van der Waals surface area contributed by atoms with Gasteiger partial charge in [0.15, 0.2) is 11.4 Å². The molecule has 0 saturated carbocycles. The van der Waals surface area contributed by atoms with Gasteiger partial charge in [0.05, 0.1) is 29.1 Å². The summed E-state index contributed by atoms with van der Waals surface area (Å²) in [6.07, 6.45) is 1.03. The lowest BCUT2D eigenvalue weighted by Crippen LogP contribution is -2.25. The molecule has 0 bridgehead atoms. The number of anilines is 1. The van der Waals surface area contributed by atoms with E-state index in [1.807, 2.05) is 0 Å². The number of benzene rings is 4. The van der Waals surface area contributed by atoms with E-state index in [1.165, 1.54) is 62.6 Å². The van der Waals surface area contributed by atoms with Gasteiger partial charge in [-0.25, -0.2) is 22.2 Å². The molecule has 0 aliphatic heterocycles. The van der Waals surface area contributed by atoms with Gasteiger partial charge in [-0.1, -0.05) is 6.07 Å². The van der Waals surface area contributed by atoms with Crippen LogP contribution in [0, 0.1) is 23.0 Å². The van der Waals surface area contributed by atoms with Crippen molar-refractivity contribution in [3.8, 4) is 40.0 Å².